The van der Waals surface area contributed by atoms with Crippen LogP contribution in [-0.2, 0) is 14.2 Å². The minimum atomic E-state index is -0.545. The molecule has 20 heavy (non-hydrogen) atoms. The van der Waals surface area contributed by atoms with Crippen LogP contribution in [0.4, 0.5) is 5.69 Å². The molecule has 1 aliphatic rings. The summed E-state index contributed by atoms with van der Waals surface area (Å²) in [6.07, 6.45) is 0. The summed E-state index contributed by atoms with van der Waals surface area (Å²) in [7, 11) is 1.38. The zero-order valence-corrected chi connectivity index (χ0v) is 12.4. The molecule has 1 aromatic rings. The van der Waals surface area contributed by atoms with E-state index in [2.05, 4.69) is 5.32 Å². The Balaban J connectivity index is 2.11. The molecule has 5 nitrogen and oxygen atoms in total. The van der Waals surface area contributed by atoms with Crippen LogP contribution in [0.1, 0.15) is 29.8 Å². The van der Waals surface area contributed by atoms with Crippen molar-refractivity contribution in [3.63, 3.8) is 0 Å². The van der Waals surface area contributed by atoms with Crippen LogP contribution in [0, 0.1) is 6.92 Å². The molecule has 0 aliphatic carbocycles. The molecule has 110 valence electrons. The average molecular weight is 279 g/mol. The van der Waals surface area contributed by atoms with Crippen LogP contribution in [0.5, 0.6) is 0 Å². The highest BCUT2D eigenvalue weighted by atomic mass is 16.7. The number of ether oxygens (including phenoxy) is 3. The Morgan fingerprint density at radius 3 is 2.60 bits per heavy atom. The van der Waals surface area contributed by atoms with Crippen LogP contribution in [0.25, 0.3) is 0 Å². The fourth-order valence-corrected chi connectivity index (χ4v) is 2.06. The molecule has 5 heteroatoms. The summed E-state index contributed by atoms with van der Waals surface area (Å²) < 4.78 is 16.0. The molecular formula is C15H21NO4. The van der Waals surface area contributed by atoms with Crippen LogP contribution in [0.15, 0.2) is 18.2 Å². The topological polar surface area (TPSA) is 56.8 Å². The van der Waals surface area contributed by atoms with Gasteiger partial charge in [0.05, 0.1) is 31.9 Å². The van der Waals surface area contributed by atoms with Crippen molar-refractivity contribution in [1.29, 1.82) is 0 Å². The van der Waals surface area contributed by atoms with E-state index < -0.39 is 5.79 Å². The predicted molar refractivity (Wildman–Crippen MR) is 75.9 cm³/mol. The van der Waals surface area contributed by atoms with Crippen molar-refractivity contribution < 1.29 is 19.0 Å². The van der Waals surface area contributed by atoms with Gasteiger partial charge >= 0.3 is 5.97 Å². The minimum Gasteiger partial charge on any atom is -0.465 e. The highest BCUT2D eigenvalue weighted by Gasteiger charge is 2.28. The van der Waals surface area contributed by atoms with Gasteiger partial charge in [-0.25, -0.2) is 4.79 Å². The molecule has 0 spiro atoms. The first-order chi connectivity index (χ1) is 9.41. The van der Waals surface area contributed by atoms with E-state index in [9.17, 15) is 4.79 Å². The quantitative estimate of drug-likeness (QED) is 0.861. The molecule has 1 saturated heterocycles. The van der Waals surface area contributed by atoms with Crippen molar-refractivity contribution in [2.24, 2.45) is 0 Å². The van der Waals surface area contributed by atoms with Gasteiger partial charge in [0.2, 0.25) is 0 Å². The smallest absolute Gasteiger partial charge is 0.339 e. The van der Waals surface area contributed by atoms with Crippen molar-refractivity contribution >= 4 is 11.7 Å². The zero-order valence-electron chi connectivity index (χ0n) is 12.4. The van der Waals surface area contributed by atoms with Gasteiger partial charge in [0.15, 0.2) is 5.79 Å². The number of rotatable bonds is 3. The third kappa shape index (κ3) is 3.49. The Labute approximate surface area is 119 Å². The standard InChI is InChI=1S/C15H21NO4/c1-10-5-6-13(12(7-10)14(17)18-4)16-11-8-19-15(2,3)20-9-11/h5-7,11,16H,8-9H2,1-4H3. The van der Waals surface area contributed by atoms with Gasteiger partial charge in [-0.1, -0.05) is 11.6 Å². The normalized spacial score (nSPS) is 18.6. The minimum absolute atomic E-state index is 0.00846. The van der Waals surface area contributed by atoms with E-state index in [0.29, 0.717) is 18.8 Å². The first kappa shape index (κ1) is 14.8. The van der Waals surface area contributed by atoms with E-state index in [1.165, 1.54) is 7.11 Å². The molecule has 0 aromatic heterocycles. The Morgan fingerprint density at radius 2 is 2.00 bits per heavy atom. The zero-order chi connectivity index (χ0) is 14.8. The summed E-state index contributed by atoms with van der Waals surface area (Å²) in [5, 5.41) is 3.28. The van der Waals surface area contributed by atoms with E-state index in [4.69, 9.17) is 14.2 Å². The monoisotopic (exact) mass is 279 g/mol. The van der Waals surface area contributed by atoms with Gasteiger partial charge < -0.3 is 19.5 Å². The van der Waals surface area contributed by atoms with Crippen molar-refractivity contribution in [2.75, 3.05) is 25.6 Å². The van der Waals surface area contributed by atoms with E-state index in [1.54, 1.807) is 0 Å². The Morgan fingerprint density at radius 1 is 1.35 bits per heavy atom. The first-order valence-electron chi connectivity index (χ1n) is 6.65. The van der Waals surface area contributed by atoms with Crippen molar-refractivity contribution in [3.05, 3.63) is 29.3 Å². The summed E-state index contributed by atoms with van der Waals surface area (Å²) in [5.74, 6) is -0.898. The van der Waals surface area contributed by atoms with E-state index in [-0.39, 0.29) is 12.0 Å². The fraction of sp³-hybridized carbons (Fsp3) is 0.533. The maximum Gasteiger partial charge on any atom is 0.339 e. The van der Waals surface area contributed by atoms with Crippen LogP contribution in [0.2, 0.25) is 0 Å². The summed E-state index contributed by atoms with van der Waals surface area (Å²) in [6, 6.07) is 5.64. The van der Waals surface area contributed by atoms with E-state index in [0.717, 1.165) is 11.3 Å². The van der Waals surface area contributed by atoms with Crippen molar-refractivity contribution in [2.45, 2.75) is 32.6 Å². The number of esters is 1. The summed E-state index contributed by atoms with van der Waals surface area (Å²) >= 11 is 0. The van der Waals surface area contributed by atoms with Crippen LogP contribution < -0.4 is 5.32 Å². The molecule has 2 rings (SSSR count). The molecule has 1 aliphatic heterocycles. The Bertz CT molecular complexity index is 489. The predicted octanol–water partition coefficient (Wildman–Crippen LogP) is 2.35. The number of nitrogens with one attached hydrogen (secondary N) is 1. The molecule has 0 radical (unpaired) electrons. The Hall–Kier alpha value is -1.59. The average Bonchev–Trinajstić information content (AvgIpc) is 2.42. The lowest BCUT2D eigenvalue weighted by Crippen LogP contribution is -2.45. The Kier molecular flexibility index (Phi) is 4.30. The van der Waals surface area contributed by atoms with Gasteiger partial charge in [-0.05, 0) is 32.9 Å². The number of hydrogen-bond donors (Lipinski definition) is 1. The second-order valence-corrected chi connectivity index (χ2v) is 5.40. The molecule has 0 amide bonds. The van der Waals surface area contributed by atoms with Gasteiger partial charge in [0, 0.05) is 5.69 Å². The number of hydrogen-bond acceptors (Lipinski definition) is 5. The van der Waals surface area contributed by atoms with E-state index >= 15 is 0 Å². The van der Waals surface area contributed by atoms with Crippen molar-refractivity contribution in [3.8, 4) is 0 Å². The first-order valence-corrected chi connectivity index (χ1v) is 6.65. The van der Waals surface area contributed by atoms with Crippen LogP contribution in [-0.4, -0.2) is 38.1 Å². The maximum absolute atomic E-state index is 11.8. The molecule has 1 N–H and O–H groups in total. The summed E-state index contributed by atoms with van der Waals surface area (Å²) in [4.78, 5) is 11.8. The van der Waals surface area contributed by atoms with Gasteiger partial charge in [0.25, 0.3) is 0 Å². The number of anilines is 1. The highest BCUT2D eigenvalue weighted by Crippen LogP contribution is 2.23. The number of aryl methyl sites for hydroxylation is 1. The highest BCUT2D eigenvalue weighted by molar-refractivity contribution is 5.95. The number of methoxy groups -OCH3 is 1. The maximum atomic E-state index is 11.8. The van der Waals surface area contributed by atoms with Crippen LogP contribution >= 0.6 is 0 Å². The van der Waals surface area contributed by atoms with Gasteiger partial charge in [-0.15, -0.1) is 0 Å². The molecule has 1 heterocycles. The third-order valence-corrected chi connectivity index (χ3v) is 3.20. The number of benzene rings is 1. The van der Waals surface area contributed by atoms with Crippen molar-refractivity contribution in [1.82, 2.24) is 0 Å². The van der Waals surface area contributed by atoms with Gasteiger partial charge in [-0.2, -0.15) is 0 Å². The molecule has 1 aromatic carbocycles. The van der Waals surface area contributed by atoms with Gasteiger partial charge in [0.1, 0.15) is 0 Å². The molecular weight excluding hydrogens is 258 g/mol. The van der Waals surface area contributed by atoms with Gasteiger partial charge in [-0.3, -0.25) is 0 Å². The SMILES string of the molecule is COC(=O)c1cc(C)ccc1NC1COC(C)(C)OC1. The largest absolute Gasteiger partial charge is 0.465 e. The van der Waals surface area contributed by atoms with E-state index in [1.807, 2.05) is 39.0 Å². The summed E-state index contributed by atoms with van der Waals surface area (Å²) in [5.41, 5.74) is 2.27. The fourth-order valence-electron chi connectivity index (χ4n) is 2.06. The summed E-state index contributed by atoms with van der Waals surface area (Å²) in [6.45, 7) is 6.76. The lowest BCUT2D eigenvalue weighted by molar-refractivity contribution is -0.247. The molecule has 1 fully saturated rings. The second kappa shape index (κ2) is 5.81. The number of carbonyl (C=O) groups excluding carboxylic acids is 1. The lowest BCUT2D eigenvalue weighted by atomic mass is 10.1. The second-order valence-electron chi connectivity index (χ2n) is 5.40. The molecule has 0 unspecified atom stereocenters. The lowest BCUT2D eigenvalue weighted by Gasteiger charge is -2.35. The molecule has 0 saturated carbocycles. The third-order valence-electron chi connectivity index (χ3n) is 3.20. The number of carbonyl (C=O) groups is 1. The molecule has 0 atom stereocenters. The van der Waals surface area contributed by atoms with Crippen LogP contribution in [0.3, 0.4) is 0 Å². The molecule has 0 bridgehead atoms.